The third kappa shape index (κ3) is 13.3. The number of rotatable bonds is 21. The van der Waals surface area contributed by atoms with Gasteiger partial charge in [-0.1, -0.05) is 46.8 Å². The van der Waals surface area contributed by atoms with Crippen LogP contribution < -0.4 is 5.32 Å². The first-order valence-corrected chi connectivity index (χ1v) is 13.3. The summed E-state index contributed by atoms with van der Waals surface area (Å²) in [5, 5.41) is 10.8. The molecule has 0 radical (unpaired) electrons. The highest BCUT2D eigenvalue weighted by Gasteiger charge is 2.34. The first-order valence-electron chi connectivity index (χ1n) is 13.3. The molecule has 1 rings (SSSR count). The van der Waals surface area contributed by atoms with Gasteiger partial charge in [0.1, 0.15) is 29.4 Å². The molecule has 0 aliphatic rings. The molecular weight excluding hydrogens is 492 g/mol. The molecule has 11 nitrogen and oxygen atoms in total. The minimum atomic E-state index is -1.12. The lowest BCUT2D eigenvalue weighted by Crippen LogP contribution is -2.59. The third-order valence-corrected chi connectivity index (χ3v) is 5.91. The molecule has 0 unspecified atom stereocenters. The number of ketones is 3. The Bertz CT molecular complexity index is 826. The summed E-state index contributed by atoms with van der Waals surface area (Å²) in [5.41, 5.74) is -0.437. The number of carbonyl (C=O) groups excluding carboxylic acids is 4. The van der Waals surface area contributed by atoms with Gasteiger partial charge in [0.25, 0.3) is 0 Å². The molecule has 0 aliphatic heterocycles. The van der Waals surface area contributed by atoms with Crippen LogP contribution in [0.1, 0.15) is 66.5 Å². The van der Waals surface area contributed by atoms with Gasteiger partial charge in [-0.15, -0.1) is 5.10 Å². The standard InChI is InChI=1S/C27H46N4O7/c1-19(2)23(32)8-11-36-16-27(17-37-12-9-24(33)20(3)4,18-38-13-10-25(34)21(5)6)28-26(35)15-31-14-22(7)29-30-31/h14,19-21H,8-13,15-18H2,1-7H3,(H,28,35). The van der Waals surface area contributed by atoms with Gasteiger partial charge in [0.2, 0.25) is 5.91 Å². The van der Waals surface area contributed by atoms with Gasteiger partial charge in [-0.05, 0) is 6.92 Å². The Kier molecular flexibility index (Phi) is 15.1. The average molecular weight is 539 g/mol. The number of carbonyl (C=O) groups is 4. The number of nitrogens with one attached hydrogen (secondary N) is 1. The van der Waals surface area contributed by atoms with E-state index in [-0.39, 0.29) is 106 Å². The van der Waals surface area contributed by atoms with Crippen LogP contribution in [0, 0.1) is 24.7 Å². The van der Waals surface area contributed by atoms with E-state index in [9.17, 15) is 19.2 Å². The number of hydrogen-bond acceptors (Lipinski definition) is 9. The van der Waals surface area contributed by atoms with Gasteiger partial charge in [0, 0.05) is 43.2 Å². The summed E-state index contributed by atoms with van der Waals surface area (Å²) in [6.45, 7) is 13.2. The Labute approximate surface area is 226 Å². The van der Waals surface area contributed by atoms with Gasteiger partial charge in [-0.3, -0.25) is 19.2 Å². The van der Waals surface area contributed by atoms with E-state index >= 15 is 0 Å². The second kappa shape index (κ2) is 17.2. The van der Waals surface area contributed by atoms with Crippen molar-refractivity contribution in [3.8, 4) is 0 Å². The highest BCUT2D eigenvalue weighted by Crippen LogP contribution is 2.12. The predicted octanol–water partition coefficient (Wildman–Crippen LogP) is 2.34. The van der Waals surface area contributed by atoms with E-state index in [1.54, 1.807) is 13.1 Å². The molecular formula is C27H46N4O7. The predicted molar refractivity (Wildman–Crippen MR) is 141 cm³/mol. The first-order chi connectivity index (χ1) is 17.8. The fourth-order valence-electron chi connectivity index (χ4n) is 3.38. The maximum atomic E-state index is 13.0. The molecule has 11 heteroatoms. The molecule has 0 fully saturated rings. The fourth-order valence-corrected chi connectivity index (χ4v) is 3.38. The maximum Gasteiger partial charge on any atom is 0.242 e. The van der Waals surface area contributed by atoms with Gasteiger partial charge in [-0.2, -0.15) is 0 Å². The van der Waals surface area contributed by atoms with Gasteiger partial charge in [-0.25, -0.2) is 4.68 Å². The molecule has 0 atom stereocenters. The van der Waals surface area contributed by atoms with Crippen LogP contribution >= 0.6 is 0 Å². The molecule has 0 saturated heterocycles. The number of amides is 1. The van der Waals surface area contributed by atoms with E-state index in [2.05, 4.69) is 15.6 Å². The second-order valence-electron chi connectivity index (χ2n) is 10.7. The Balaban J connectivity index is 2.97. The van der Waals surface area contributed by atoms with Gasteiger partial charge >= 0.3 is 0 Å². The van der Waals surface area contributed by atoms with E-state index in [1.807, 2.05) is 41.5 Å². The molecule has 0 spiro atoms. The zero-order chi connectivity index (χ0) is 28.7. The lowest BCUT2D eigenvalue weighted by Gasteiger charge is -2.34. The summed E-state index contributed by atoms with van der Waals surface area (Å²) in [6, 6.07) is 0. The van der Waals surface area contributed by atoms with E-state index in [0.717, 1.165) is 0 Å². The SMILES string of the molecule is Cc1cn(CC(=O)NC(COCCC(=O)C(C)C)(COCCC(=O)C(C)C)COCCC(=O)C(C)C)nn1. The van der Waals surface area contributed by atoms with E-state index in [4.69, 9.17) is 14.2 Å². The van der Waals surface area contributed by atoms with Crippen LogP contribution in [0.15, 0.2) is 6.20 Å². The number of nitrogens with zero attached hydrogens (tertiary/aromatic N) is 3. The summed E-state index contributed by atoms with van der Waals surface area (Å²) >= 11 is 0. The second-order valence-corrected chi connectivity index (χ2v) is 10.7. The minimum absolute atomic E-state index is 0.0107. The largest absolute Gasteiger partial charge is 0.378 e. The smallest absolute Gasteiger partial charge is 0.242 e. The Hall–Kier alpha value is -2.50. The van der Waals surface area contributed by atoms with Crippen molar-refractivity contribution >= 4 is 23.3 Å². The normalized spacial score (nSPS) is 11.9. The van der Waals surface area contributed by atoms with Crippen molar-refractivity contribution in [1.29, 1.82) is 0 Å². The topological polar surface area (TPSA) is 139 Å². The molecule has 38 heavy (non-hydrogen) atoms. The van der Waals surface area contributed by atoms with Crippen LogP contribution in [0.5, 0.6) is 0 Å². The lowest BCUT2D eigenvalue weighted by atomic mass is 10.0. The summed E-state index contributed by atoms with van der Waals surface area (Å²) in [6.07, 6.45) is 2.38. The fraction of sp³-hybridized carbons (Fsp3) is 0.778. The minimum Gasteiger partial charge on any atom is -0.378 e. The summed E-state index contributed by atoms with van der Waals surface area (Å²) < 4.78 is 18.9. The number of aryl methyl sites for hydroxylation is 1. The van der Waals surface area contributed by atoms with Crippen LogP contribution in [0.3, 0.4) is 0 Å². The summed E-state index contributed by atoms with van der Waals surface area (Å²) in [5.74, 6) is -0.428. The molecule has 1 aromatic rings. The Morgan fingerprint density at radius 2 is 1.18 bits per heavy atom. The number of aromatic nitrogens is 3. The van der Waals surface area contributed by atoms with E-state index < -0.39 is 5.54 Å². The summed E-state index contributed by atoms with van der Waals surface area (Å²) in [7, 11) is 0. The first kappa shape index (κ1) is 33.5. The molecule has 0 bridgehead atoms. The molecule has 0 saturated carbocycles. The highest BCUT2D eigenvalue weighted by atomic mass is 16.5. The van der Waals surface area contributed by atoms with E-state index in [1.165, 1.54) is 4.68 Å². The number of Topliss-reactive ketones (excluding diaryl/α,β-unsaturated/α-hetero) is 3. The monoisotopic (exact) mass is 538 g/mol. The zero-order valence-electron chi connectivity index (χ0n) is 24.1. The van der Waals surface area contributed by atoms with Crippen LogP contribution in [-0.2, 0) is 39.9 Å². The van der Waals surface area contributed by atoms with Crippen LogP contribution in [0.4, 0.5) is 0 Å². The molecule has 1 amide bonds. The molecule has 0 aliphatic carbocycles. The maximum absolute atomic E-state index is 13.0. The van der Waals surface area contributed by atoms with Gasteiger partial charge in [0.05, 0.1) is 45.3 Å². The molecule has 0 aromatic carbocycles. The van der Waals surface area contributed by atoms with Crippen molar-refractivity contribution in [2.24, 2.45) is 17.8 Å². The Morgan fingerprint density at radius 3 is 1.50 bits per heavy atom. The average Bonchev–Trinajstić information content (AvgIpc) is 3.25. The molecule has 216 valence electrons. The number of ether oxygens (including phenoxy) is 3. The highest BCUT2D eigenvalue weighted by molar-refractivity contribution is 5.81. The van der Waals surface area contributed by atoms with E-state index in [0.29, 0.717) is 5.69 Å². The van der Waals surface area contributed by atoms with Crippen molar-refractivity contribution in [2.75, 3.05) is 39.6 Å². The quantitative estimate of drug-likeness (QED) is 0.234. The third-order valence-electron chi connectivity index (χ3n) is 5.91. The zero-order valence-corrected chi connectivity index (χ0v) is 24.1. The van der Waals surface area contributed by atoms with Crippen LogP contribution in [-0.4, -0.2) is 83.4 Å². The van der Waals surface area contributed by atoms with Crippen molar-refractivity contribution in [1.82, 2.24) is 20.3 Å². The van der Waals surface area contributed by atoms with Crippen molar-refractivity contribution < 1.29 is 33.4 Å². The van der Waals surface area contributed by atoms with Crippen LogP contribution in [0.2, 0.25) is 0 Å². The summed E-state index contributed by atoms with van der Waals surface area (Å²) in [4.78, 5) is 49.1. The lowest BCUT2D eigenvalue weighted by molar-refractivity contribution is -0.131. The van der Waals surface area contributed by atoms with Crippen molar-refractivity contribution in [2.45, 2.75) is 79.8 Å². The van der Waals surface area contributed by atoms with Gasteiger partial charge < -0.3 is 19.5 Å². The molecule has 1 aromatic heterocycles. The van der Waals surface area contributed by atoms with Crippen LogP contribution in [0.25, 0.3) is 0 Å². The molecule has 1 heterocycles. The molecule has 1 N–H and O–H groups in total. The van der Waals surface area contributed by atoms with Crippen molar-refractivity contribution in [3.05, 3.63) is 11.9 Å². The number of hydrogen-bond donors (Lipinski definition) is 1. The van der Waals surface area contributed by atoms with Crippen molar-refractivity contribution in [3.63, 3.8) is 0 Å². The van der Waals surface area contributed by atoms with Gasteiger partial charge in [0.15, 0.2) is 0 Å². The Morgan fingerprint density at radius 1 is 0.789 bits per heavy atom.